The van der Waals surface area contributed by atoms with Crippen LogP contribution in [0.3, 0.4) is 0 Å². The summed E-state index contributed by atoms with van der Waals surface area (Å²) in [7, 11) is 0. The van der Waals surface area contributed by atoms with Crippen LogP contribution in [-0.2, 0) is 11.3 Å². The van der Waals surface area contributed by atoms with Crippen LogP contribution in [0.2, 0.25) is 0 Å². The number of ether oxygens (including phenoxy) is 1. The molecule has 0 radical (unpaired) electrons. The Morgan fingerprint density at radius 2 is 2.43 bits per heavy atom. The van der Waals surface area contributed by atoms with Gasteiger partial charge >= 0.3 is 5.97 Å². The lowest BCUT2D eigenvalue weighted by Gasteiger charge is -2.05. The molecule has 76 valence electrons. The van der Waals surface area contributed by atoms with Crippen molar-refractivity contribution in [1.29, 1.82) is 5.41 Å². The quantitative estimate of drug-likeness (QED) is 0.702. The first-order valence-electron chi connectivity index (χ1n) is 4.11. The topological polar surface area (TPSA) is 88.2 Å². The number of carboxylic acid groups (broad SMARTS) is 1. The molecule has 1 aromatic heterocycles. The maximum atomic E-state index is 10.4. The van der Waals surface area contributed by atoms with Gasteiger partial charge in [-0.1, -0.05) is 0 Å². The molecular formula is C8H11N3O3. The van der Waals surface area contributed by atoms with E-state index in [4.69, 9.17) is 15.3 Å². The van der Waals surface area contributed by atoms with E-state index in [-0.39, 0.29) is 12.0 Å². The summed E-state index contributed by atoms with van der Waals surface area (Å²) in [6.45, 7) is 1.93. The maximum Gasteiger partial charge on any atom is 0.325 e. The van der Waals surface area contributed by atoms with E-state index in [0.717, 1.165) is 4.68 Å². The van der Waals surface area contributed by atoms with Gasteiger partial charge in [0.25, 0.3) is 0 Å². The molecule has 6 nitrogen and oxygen atoms in total. The van der Waals surface area contributed by atoms with Gasteiger partial charge < -0.3 is 9.84 Å². The number of carbonyl (C=O) groups is 1. The second-order valence-electron chi connectivity index (χ2n) is 2.54. The molecule has 0 unspecified atom stereocenters. The standard InChI is InChI=1S/C8H11N3O3/c1-2-14-7-4-3-6(9)11(10-7)5-8(12)13/h3-4,9H,2,5H2,1H3,(H,12,13). The van der Waals surface area contributed by atoms with Gasteiger partial charge in [0, 0.05) is 6.07 Å². The molecule has 6 heteroatoms. The molecule has 0 aliphatic carbocycles. The fraction of sp³-hybridized carbons (Fsp3) is 0.375. The molecule has 0 fully saturated rings. The molecule has 0 saturated heterocycles. The number of nitrogens with zero attached hydrogens (tertiary/aromatic N) is 2. The van der Waals surface area contributed by atoms with Crippen molar-refractivity contribution in [2.75, 3.05) is 6.61 Å². The number of hydrogen-bond donors (Lipinski definition) is 2. The Hall–Kier alpha value is -1.85. The van der Waals surface area contributed by atoms with Gasteiger partial charge in [0.1, 0.15) is 12.0 Å². The zero-order chi connectivity index (χ0) is 10.6. The van der Waals surface area contributed by atoms with E-state index in [1.165, 1.54) is 12.1 Å². The van der Waals surface area contributed by atoms with Crippen LogP contribution in [0.1, 0.15) is 6.92 Å². The van der Waals surface area contributed by atoms with Gasteiger partial charge in [-0.3, -0.25) is 10.2 Å². The molecule has 0 bridgehead atoms. The van der Waals surface area contributed by atoms with E-state index in [1.54, 1.807) is 6.92 Å². The molecule has 0 spiro atoms. The van der Waals surface area contributed by atoms with Crippen LogP contribution >= 0.6 is 0 Å². The van der Waals surface area contributed by atoms with Gasteiger partial charge in [-0.05, 0) is 13.0 Å². The zero-order valence-electron chi connectivity index (χ0n) is 7.73. The normalized spacial score (nSPS) is 9.79. The Kier molecular flexibility index (Phi) is 3.22. The summed E-state index contributed by atoms with van der Waals surface area (Å²) in [5, 5.41) is 19.7. The van der Waals surface area contributed by atoms with Crippen LogP contribution < -0.4 is 10.2 Å². The van der Waals surface area contributed by atoms with Crippen molar-refractivity contribution in [1.82, 2.24) is 9.78 Å². The first-order valence-corrected chi connectivity index (χ1v) is 4.11. The summed E-state index contributed by atoms with van der Waals surface area (Å²) in [5.74, 6) is -0.714. The van der Waals surface area contributed by atoms with Crippen LogP contribution in [0, 0.1) is 5.41 Å². The van der Waals surface area contributed by atoms with E-state index in [9.17, 15) is 4.79 Å². The highest BCUT2D eigenvalue weighted by Crippen LogP contribution is 2.00. The van der Waals surface area contributed by atoms with Gasteiger partial charge in [-0.2, -0.15) is 0 Å². The minimum Gasteiger partial charge on any atom is -0.480 e. The third-order valence-electron chi connectivity index (χ3n) is 1.46. The van der Waals surface area contributed by atoms with Crippen molar-refractivity contribution >= 4 is 5.97 Å². The van der Waals surface area contributed by atoms with E-state index in [1.807, 2.05) is 0 Å². The number of nitrogens with one attached hydrogen (secondary N) is 1. The van der Waals surface area contributed by atoms with Crippen molar-refractivity contribution in [2.24, 2.45) is 0 Å². The van der Waals surface area contributed by atoms with Gasteiger partial charge in [0.15, 0.2) is 0 Å². The molecule has 1 aromatic rings. The fourth-order valence-electron chi connectivity index (χ4n) is 0.916. The summed E-state index contributed by atoms with van der Waals surface area (Å²) >= 11 is 0. The van der Waals surface area contributed by atoms with E-state index < -0.39 is 5.97 Å². The SMILES string of the molecule is CCOc1ccc(=N)n(CC(=O)O)n1. The van der Waals surface area contributed by atoms with E-state index >= 15 is 0 Å². The minimum atomic E-state index is -1.04. The molecule has 1 rings (SSSR count). The van der Waals surface area contributed by atoms with Crippen molar-refractivity contribution in [3.05, 3.63) is 17.6 Å². The molecule has 14 heavy (non-hydrogen) atoms. The summed E-state index contributed by atoms with van der Waals surface area (Å²) in [6, 6.07) is 2.98. The van der Waals surface area contributed by atoms with Crippen molar-refractivity contribution in [3.63, 3.8) is 0 Å². The lowest BCUT2D eigenvalue weighted by Crippen LogP contribution is -2.26. The summed E-state index contributed by atoms with van der Waals surface area (Å²) < 4.78 is 6.14. The number of aliphatic carboxylic acids is 1. The smallest absolute Gasteiger partial charge is 0.325 e. The van der Waals surface area contributed by atoms with Crippen molar-refractivity contribution in [3.8, 4) is 5.88 Å². The third kappa shape index (κ3) is 2.58. The molecule has 0 aliphatic heterocycles. The molecule has 0 aliphatic rings. The minimum absolute atomic E-state index is 0.0378. The van der Waals surface area contributed by atoms with Crippen LogP contribution in [0.4, 0.5) is 0 Å². The predicted molar refractivity (Wildman–Crippen MR) is 46.9 cm³/mol. The summed E-state index contributed by atoms with van der Waals surface area (Å²) in [6.07, 6.45) is 0. The van der Waals surface area contributed by atoms with Crippen LogP contribution in [0.15, 0.2) is 12.1 Å². The van der Waals surface area contributed by atoms with Crippen LogP contribution in [0.5, 0.6) is 5.88 Å². The third-order valence-corrected chi connectivity index (χ3v) is 1.46. The number of aromatic nitrogens is 2. The first kappa shape index (κ1) is 10.2. The first-order chi connectivity index (χ1) is 6.63. The molecular weight excluding hydrogens is 186 g/mol. The lowest BCUT2D eigenvalue weighted by atomic mass is 10.5. The van der Waals surface area contributed by atoms with Gasteiger partial charge in [0.05, 0.1) is 6.61 Å². The maximum absolute atomic E-state index is 10.4. The van der Waals surface area contributed by atoms with Gasteiger partial charge in [-0.15, -0.1) is 5.10 Å². The van der Waals surface area contributed by atoms with Crippen LogP contribution in [0.25, 0.3) is 0 Å². The van der Waals surface area contributed by atoms with Crippen molar-refractivity contribution in [2.45, 2.75) is 13.5 Å². The van der Waals surface area contributed by atoms with Gasteiger partial charge in [-0.25, -0.2) is 4.68 Å². The second kappa shape index (κ2) is 4.40. The Morgan fingerprint density at radius 3 is 3.00 bits per heavy atom. The lowest BCUT2D eigenvalue weighted by molar-refractivity contribution is -0.138. The highest BCUT2D eigenvalue weighted by atomic mass is 16.5. The largest absolute Gasteiger partial charge is 0.480 e. The molecule has 1 heterocycles. The highest BCUT2D eigenvalue weighted by Gasteiger charge is 2.02. The average molecular weight is 197 g/mol. The highest BCUT2D eigenvalue weighted by molar-refractivity contribution is 5.66. The number of rotatable bonds is 4. The van der Waals surface area contributed by atoms with Gasteiger partial charge in [0.2, 0.25) is 5.88 Å². The molecule has 0 amide bonds. The monoisotopic (exact) mass is 197 g/mol. The van der Waals surface area contributed by atoms with E-state index in [2.05, 4.69) is 5.10 Å². The number of carboxylic acids is 1. The summed E-state index contributed by atoms with van der Waals surface area (Å²) in [4.78, 5) is 10.4. The van der Waals surface area contributed by atoms with E-state index in [0.29, 0.717) is 12.5 Å². The number of hydrogen-bond acceptors (Lipinski definition) is 4. The molecule has 0 aromatic carbocycles. The Bertz CT molecular complexity index is 386. The second-order valence-corrected chi connectivity index (χ2v) is 2.54. The predicted octanol–water partition coefficient (Wildman–Crippen LogP) is -0.154. The average Bonchev–Trinajstić information content (AvgIpc) is 2.10. The molecule has 2 N–H and O–H groups in total. The van der Waals surface area contributed by atoms with Crippen molar-refractivity contribution < 1.29 is 14.6 Å². The summed E-state index contributed by atoms with van der Waals surface area (Å²) in [5.41, 5.74) is 0.0378. The zero-order valence-corrected chi connectivity index (χ0v) is 7.73. The Labute approximate surface area is 80.3 Å². The molecule has 0 saturated carbocycles. The van der Waals surface area contributed by atoms with Crippen LogP contribution in [-0.4, -0.2) is 27.5 Å². The Morgan fingerprint density at radius 1 is 1.71 bits per heavy atom. The molecule has 0 atom stereocenters. The fourth-order valence-corrected chi connectivity index (χ4v) is 0.916. The Balaban J connectivity index is 2.96.